The lowest BCUT2D eigenvalue weighted by atomic mass is 9.99. The number of hydrogen-bond acceptors (Lipinski definition) is 3. The predicted molar refractivity (Wildman–Crippen MR) is 98.3 cm³/mol. The van der Waals surface area contributed by atoms with Gasteiger partial charge in [0, 0.05) is 0 Å². The van der Waals surface area contributed by atoms with Gasteiger partial charge in [-0.15, -0.1) is 0 Å². The Morgan fingerprint density at radius 2 is 1.60 bits per heavy atom. The summed E-state index contributed by atoms with van der Waals surface area (Å²) in [5.74, 6) is 0.683. The van der Waals surface area contributed by atoms with E-state index < -0.39 is 6.10 Å². The molecule has 2 atom stereocenters. The number of amides is 1. The Bertz CT molecular complexity index is 760. The van der Waals surface area contributed by atoms with Gasteiger partial charge < -0.3 is 10.1 Å². The van der Waals surface area contributed by atoms with Gasteiger partial charge in [0.15, 0.2) is 6.10 Å². The lowest BCUT2D eigenvalue weighted by molar-refractivity contribution is -0.127. The number of para-hydroxylation sites is 1. The van der Waals surface area contributed by atoms with Crippen molar-refractivity contribution in [1.29, 1.82) is 5.26 Å². The Kier molecular flexibility index (Phi) is 6.19. The second-order valence-electron chi connectivity index (χ2n) is 6.42. The van der Waals surface area contributed by atoms with Crippen molar-refractivity contribution < 1.29 is 9.53 Å². The highest BCUT2D eigenvalue weighted by molar-refractivity contribution is 5.81. The second-order valence-corrected chi connectivity index (χ2v) is 6.42. The van der Waals surface area contributed by atoms with Crippen molar-refractivity contribution in [2.45, 2.75) is 45.8 Å². The van der Waals surface area contributed by atoms with Crippen LogP contribution < -0.4 is 10.1 Å². The van der Waals surface area contributed by atoms with Gasteiger partial charge in [0.25, 0.3) is 5.91 Å². The van der Waals surface area contributed by atoms with Gasteiger partial charge in [0.1, 0.15) is 11.8 Å². The molecular formula is C21H24N2O2. The molecule has 1 N–H and O–H groups in total. The first-order chi connectivity index (χ1) is 11.9. The molecule has 2 rings (SSSR count). The van der Waals surface area contributed by atoms with E-state index in [0.29, 0.717) is 17.2 Å². The summed E-state index contributed by atoms with van der Waals surface area (Å²) >= 11 is 0. The highest BCUT2D eigenvalue weighted by atomic mass is 16.5. The first-order valence-corrected chi connectivity index (χ1v) is 8.48. The van der Waals surface area contributed by atoms with E-state index in [0.717, 1.165) is 5.56 Å². The minimum Gasteiger partial charge on any atom is -0.480 e. The van der Waals surface area contributed by atoms with E-state index in [4.69, 9.17) is 10.00 Å². The number of ether oxygens (including phenoxy) is 1. The van der Waals surface area contributed by atoms with E-state index in [1.807, 2.05) is 19.1 Å². The molecule has 0 spiro atoms. The van der Waals surface area contributed by atoms with Crippen LogP contribution in [0.1, 0.15) is 56.3 Å². The molecule has 0 aromatic heterocycles. The summed E-state index contributed by atoms with van der Waals surface area (Å²) in [4.78, 5) is 12.4. The monoisotopic (exact) mass is 336 g/mol. The van der Waals surface area contributed by atoms with Gasteiger partial charge in [0.2, 0.25) is 0 Å². The Hall–Kier alpha value is -2.80. The lowest BCUT2D eigenvalue weighted by Crippen LogP contribution is -2.37. The molecule has 0 radical (unpaired) electrons. The van der Waals surface area contributed by atoms with Crippen molar-refractivity contribution in [3.05, 3.63) is 65.2 Å². The van der Waals surface area contributed by atoms with E-state index in [9.17, 15) is 4.79 Å². The van der Waals surface area contributed by atoms with E-state index in [1.165, 1.54) is 5.56 Å². The zero-order valence-corrected chi connectivity index (χ0v) is 15.1. The number of carbonyl (C=O) groups excluding carboxylic acids is 1. The molecule has 25 heavy (non-hydrogen) atoms. The minimum atomic E-state index is -0.688. The summed E-state index contributed by atoms with van der Waals surface area (Å²) in [6.07, 6.45) is -0.688. The van der Waals surface area contributed by atoms with Crippen LogP contribution in [0.4, 0.5) is 0 Å². The Morgan fingerprint density at radius 1 is 1.00 bits per heavy atom. The van der Waals surface area contributed by atoms with E-state index in [2.05, 4.69) is 37.4 Å². The second kappa shape index (κ2) is 8.34. The third-order valence-electron chi connectivity index (χ3n) is 4.14. The van der Waals surface area contributed by atoms with Crippen molar-refractivity contribution in [3.8, 4) is 11.8 Å². The first kappa shape index (κ1) is 18.5. The molecule has 0 heterocycles. The SMILES string of the molecule is CC(Oc1ccccc1C#N)C(=O)NC(C)c1ccc(C(C)C)cc1. The Morgan fingerprint density at radius 3 is 2.20 bits per heavy atom. The number of nitrogens with zero attached hydrogens (tertiary/aromatic N) is 1. The Labute approximate surface area is 149 Å². The molecule has 0 aliphatic rings. The maximum Gasteiger partial charge on any atom is 0.261 e. The van der Waals surface area contributed by atoms with Gasteiger partial charge in [0.05, 0.1) is 11.6 Å². The number of nitrogens with one attached hydrogen (secondary N) is 1. The standard InChI is InChI=1S/C21H24N2O2/c1-14(2)17-9-11-18(12-10-17)15(3)23-21(24)16(4)25-20-8-6-5-7-19(20)13-22/h5-12,14-16H,1-4H3,(H,23,24). The van der Waals surface area contributed by atoms with Crippen LogP contribution in [-0.4, -0.2) is 12.0 Å². The van der Waals surface area contributed by atoms with Crippen molar-refractivity contribution in [2.24, 2.45) is 0 Å². The lowest BCUT2D eigenvalue weighted by Gasteiger charge is -2.20. The van der Waals surface area contributed by atoms with Gasteiger partial charge in [-0.3, -0.25) is 4.79 Å². The molecule has 2 aromatic rings. The minimum absolute atomic E-state index is 0.119. The fraction of sp³-hybridized carbons (Fsp3) is 0.333. The quantitative estimate of drug-likeness (QED) is 0.854. The highest BCUT2D eigenvalue weighted by Gasteiger charge is 2.19. The zero-order chi connectivity index (χ0) is 18.4. The summed E-state index contributed by atoms with van der Waals surface area (Å²) in [5, 5.41) is 12.1. The van der Waals surface area contributed by atoms with Crippen LogP contribution in [0.15, 0.2) is 48.5 Å². The van der Waals surface area contributed by atoms with Crippen LogP contribution in [0.3, 0.4) is 0 Å². The van der Waals surface area contributed by atoms with Crippen LogP contribution in [0, 0.1) is 11.3 Å². The summed E-state index contributed by atoms with van der Waals surface area (Å²) < 4.78 is 5.65. The molecule has 0 aliphatic carbocycles. The number of carbonyl (C=O) groups is 1. The largest absolute Gasteiger partial charge is 0.480 e. The maximum atomic E-state index is 12.4. The van der Waals surface area contributed by atoms with E-state index >= 15 is 0 Å². The van der Waals surface area contributed by atoms with Crippen LogP contribution in [0.25, 0.3) is 0 Å². The van der Waals surface area contributed by atoms with Crippen molar-refractivity contribution in [2.75, 3.05) is 0 Å². The number of hydrogen-bond donors (Lipinski definition) is 1. The van der Waals surface area contributed by atoms with Crippen molar-refractivity contribution in [3.63, 3.8) is 0 Å². The topological polar surface area (TPSA) is 62.1 Å². The van der Waals surface area contributed by atoms with Crippen LogP contribution >= 0.6 is 0 Å². The summed E-state index contributed by atoms with van der Waals surface area (Å²) in [7, 11) is 0. The first-order valence-electron chi connectivity index (χ1n) is 8.48. The molecule has 0 fully saturated rings. The predicted octanol–water partition coefficient (Wildman–Crippen LogP) is 4.33. The van der Waals surface area contributed by atoms with Crippen molar-refractivity contribution in [1.82, 2.24) is 5.32 Å². The molecule has 130 valence electrons. The van der Waals surface area contributed by atoms with Crippen LogP contribution in [0.5, 0.6) is 5.75 Å². The smallest absolute Gasteiger partial charge is 0.261 e. The Balaban J connectivity index is 1.99. The summed E-state index contributed by atoms with van der Waals surface area (Å²) in [6.45, 7) is 7.92. The fourth-order valence-corrected chi connectivity index (χ4v) is 2.49. The molecule has 2 aromatic carbocycles. The number of nitriles is 1. The van der Waals surface area contributed by atoms with Gasteiger partial charge in [-0.2, -0.15) is 5.26 Å². The van der Waals surface area contributed by atoms with Crippen LogP contribution in [0.2, 0.25) is 0 Å². The molecule has 0 bridgehead atoms. The van der Waals surface area contributed by atoms with E-state index in [-0.39, 0.29) is 11.9 Å². The number of benzene rings is 2. The summed E-state index contributed by atoms with van der Waals surface area (Å²) in [5.41, 5.74) is 2.73. The highest BCUT2D eigenvalue weighted by Crippen LogP contribution is 2.20. The third-order valence-corrected chi connectivity index (χ3v) is 4.14. The summed E-state index contributed by atoms with van der Waals surface area (Å²) in [6, 6.07) is 17.1. The number of rotatable bonds is 6. The average Bonchev–Trinajstić information content (AvgIpc) is 2.62. The molecule has 1 amide bonds. The van der Waals surface area contributed by atoms with Gasteiger partial charge in [-0.05, 0) is 43.0 Å². The average molecular weight is 336 g/mol. The van der Waals surface area contributed by atoms with E-state index in [1.54, 1.807) is 31.2 Å². The fourth-order valence-electron chi connectivity index (χ4n) is 2.49. The molecule has 0 saturated heterocycles. The molecule has 4 heteroatoms. The third kappa shape index (κ3) is 4.84. The van der Waals surface area contributed by atoms with Gasteiger partial charge in [-0.25, -0.2) is 0 Å². The molecule has 0 saturated carbocycles. The molecular weight excluding hydrogens is 312 g/mol. The van der Waals surface area contributed by atoms with Crippen molar-refractivity contribution >= 4 is 5.91 Å². The van der Waals surface area contributed by atoms with Crippen LogP contribution in [-0.2, 0) is 4.79 Å². The maximum absolute atomic E-state index is 12.4. The molecule has 4 nitrogen and oxygen atoms in total. The molecule has 0 aliphatic heterocycles. The van der Waals surface area contributed by atoms with Gasteiger partial charge in [-0.1, -0.05) is 50.2 Å². The normalized spacial score (nSPS) is 13.0. The zero-order valence-electron chi connectivity index (χ0n) is 15.1. The van der Waals surface area contributed by atoms with Gasteiger partial charge >= 0.3 is 0 Å². The molecule has 2 unspecified atom stereocenters.